The summed E-state index contributed by atoms with van der Waals surface area (Å²) in [7, 11) is -3.22. The number of hydrogen-bond donors (Lipinski definition) is 2. The second-order valence-electron chi connectivity index (χ2n) is 5.26. The van der Waals surface area contributed by atoms with E-state index < -0.39 is 9.84 Å². The van der Waals surface area contributed by atoms with Gasteiger partial charge in [0.15, 0.2) is 9.84 Å². The van der Waals surface area contributed by atoms with Crippen molar-refractivity contribution in [2.24, 2.45) is 0 Å². The first-order valence-corrected chi connectivity index (χ1v) is 8.61. The van der Waals surface area contributed by atoms with Crippen LogP contribution in [0.3, 0.4) is 0 Å². The van der Waals surface area contributed by atoms with Gasteiger partial charge in [-0.25, -0.2) is 8.42 Å². The Morgan fingerprint density at radius 2 is 1.95 bits per heavy atom. The first-order valence-electron chi connectivity index (χ1n) is 6.72. The Labute approximate surface area is 119 Å². The number of hydrogen-bond acceptors (Lipinski definition) is 4. The second kappa shape index (κ2) is 5.93. The number of nitrogens with one attached hydrogen (secondary N) is 2. The summed E-state index contributed by atoms with van der Waals surface area (Å²) in [5, 5.41) is 6.32. The summed E-state index contributed by atoms with van der Waals surface area (Å²) in [5.41, 5.74) is 0.482. The molecule has 0 aromatic heterocycles. The lowest BCUT2D eigenvalue weighted by molar-refractivity contribution is 0.0919. The molecule has 1 saturated heterocycles. The normalized spacial score (nSPS) is 23.3. The van der Waals surface area contributed by atoms with Crippen molar-refractivity contribution < 1.29 is 13.2 Å². The molecule has 110 valence electrons. The Morgan fingerprint density at radius 1 is 1.30 bits per heavy atom. The molecule has 1 aliphatic heterocycles. The van der Waals surface area contributed by atoms with Gasteiger partial charge in [0.2, 0.25) is 0 Å². The quantitative estimate of drug-likeness (QED) is 0.871. The van der Waals surface area contributed by atoms with Crippen molar-refractivity contribution in [1.29, 1.82) is 0 Å². The fourth-order valence-electron chi connectivity index (χ4n) is 2.35. The zero-order chi connectivity index (χ0) is 14.8. The van der Waals surface area contributed by atoms with E-state index in [1.165, 1.54) is 12.1 Å². The number of carbonyl (C=O) groups is 1. The van der Waals surface area contributed by atoms with E-state index in [2.05, 4.69) is 17.6 Å². The van der Waals surface area contributed by atoms with E-state index in [1.807, 2.05) is 0 Å². The average molecular weight is 296 g/mol. The van der Waals surface area contributed by atoms with E-state index in [0.29, 0.717) is 5.56 Å². The highest BCUT2D eigenvalue weighted by atomic mass is 32.2. The molecule has 20 heavy (non-hydrogen) atoms. The van der Waals surface area contributed by atoms with Crippen molar-refractivity contribution in [2.45, 2.75) is 36.7 Å². The molecule has 1 aliphatic rings. The lowest BCUT2D eigenvalue weighted by Crippen LogP contribution is -2.51. The zero-order valence-corrected chi connectivity index (χ0v) is 12.5. The van der Waals surface area contributed by atoms with E-state index in [0.717, 1.165) is 25.6 Å². The lowest BCUT2D eigenvalue weighted by atomic mass is 9.99. The first kappa shape index (κ1) is 15.0. The zero-order valence-electron chi connectivity index (χ0n) is 11.7. The summed E-state index contributed by atoms with van der Waals surface area (Å²) in [6.07, 6.45) is 3.15. The molecule has 1 aromatic carbocycles. The van der Waals surface area contributed by atoms with Crippen LogP contribution in [-0.4, -0.2) is 39.2 Å². The number of amides is 1. The topological polar surface area (TPSA) is 75.3 Å². The molecule has 0 aliphatic carbocycles. The molecule has 1 aromatic rings. The standard InChI is InChI=1S/C14H20N2O3S/c1-10-13(4-3-9-15-10)16-14(17)11-5-7-12(8-6-11)20(2,18)19/h5-8,10,13,15H,3-4,9H2,1-2H3,(H,16,17). The van der Waals surface area contributed by atoms with E-state index in [4.69, 9.17) is 0 Å². The molecule has 0 saturated carbocycles. The van der Waals surface area contributed by atoms with E-state index in [1.54, 1.807) is 12.1 Å². The molecule has 1 heterocycles. The molecule has 2 rings (SSSR count). The third-order valence-corrected chi connectivity index (χ3v) is 4.75. The van der Waals surface area contributed by atoms with Crippen molar-refractivity contribution in [2.75, 3.05) is 12.8 Å². The molecule has 0 radical (unpaired) electrons. The van der Waals surface area contributed by atoms with E-state index in [-0.39, 0.29) is 22.9 Å². The van der Waals surface area contributed by atoms with Crippen LogP contribution in [0.5, 0.6) is 0 Å². The summed E-state index contributed by atoms with van der Waals surface area (Å²) < 4.78 is 22.7. The molecule has 2 unspecified atom stereocenters. The van der Waals surface area contributed by atoms with Crippen LogP contribution >= 0.6 is 0 Å². The van der Waals surface area contributed by atoms with Crippen LogP contribution in [-0.2, 0) is 9.84 Å². The SMILES string of the molecule is CC1NCCCC1NC(=O)c1ccc(S(C)(=O)=O)cc1. The number of benzene rings is 1. The molecule has 2 atom stereocenters. The van der Waals surface area contributed by atoms with Crippen LogP contribution in [0.2, 0.25) is 0 Å². The molecule has 6 heteroatoms. The van der Waals surface area contributed by atoms with Gasteiger partial charge >= 0.3 is 0 Å². The minimum Gasteiger partial charge on any atom is -0.348 e. The largest absolute Gasteiger partial charge is 0.348 e. The maximum absolute atomic E-state index is 12.1. The summed E-state index contributed by atoms with van der Waals surface area (Å²) in [6.45, 7) is 3.04. The van der Waals surface area contributed by atoms with Gasteiger partial charge in [0.1, 0.15) is 0 Å². The first-order chi connectivity index (χ1) is 9.38. The van der Waals surface area contributed by atoms with Crippen LogP contribution in [0, 0.1) is 0 Å². The van der Waals surface area contributed by atoms with Gasteiger partial charge in [-0.3, -0.25) is 4.79 Å². The fourth-order valence-corrected chi connectivity index (χ4v) is 2.98. The Bertz CT molecular complexity index is 581. The van der Waals surface area contributed by atoms with Gasteiger partial charge < -0.3 is 10.6 Å². The van der Waals surface area contributed by atoms with Crippen molar-refractivity contribution in [3.63, 3.8) is 0 Å². The van der Waals surface area contributed by atoms with Crippen molar-refractivity contribution >= 4 is 15.7 Å². The van der Waals surface area contributed by atoms with Gasteiger partial charge in [-0.15, -0.1) is 0 Å². The molecule has 1 fully saturated rings. The molecular weight excluding hydrogens is 276 g/mol. The highest BCUT2D eigenvalue weighted by molar-refractivity contribution is 7.90. The van der Waals surface area contributed by atoms with Gasteiger partial charge in [-0.2, -0.15) is 0 Å². The molecule has 0 spiro atoms. The number of sulfone groups is 1. The van der Waals surface area contributed by atoms with Gasteiger partial charge in [0, 0.05) is 23.9 Å². The lowest BCUT2D eigenvalue weighted by Gasteiger charge is -2.30. The molecule has 0 bridgehead atoms. The van der Waals surface area contributed by atoms with Gasteiger partial charge in [0.25, 0.3) is 5.91 Å². The molecule has 1 amide bonds. The second-order valence-corrected chi connectivity index (χ2v) is 7.28. The van der Waals surface area contributed by atoms with Crippen LogP contribution in [0.15, 0.2) is 29.2 Å². The minimum absolute atomic E-state index is 0.117. The molecular formula is C14H20N2O3S. The van der Waals surface area contributed by atoms with Crippen molar-refractivity contribution in [1.82, 2.24) is 10.6 Å². The third-order valence-electron chi connectivity index (χ3n) is 3.62. The summed E-state index contributed by atoms with van der Waals surface area (Å²) >= 11 is 0. The number of carbonyl (C=O) groups excluding carboxylic acids is 1. The maximum atomic E-state index is 12.1. The highest BCUT2D eigenvalue weighted by Crippen LogP contribution is 2.12. The average Bonchev–Trinajstić information content (AvgIpc) is 2.40. The predicted molar refractivity (Wildman–Crippen MR) is 77.5 cm³/mol. The Hall–Kier alpha value is -1.40. The monoisotopic (exact) mass is 296 g/mol. The molecule has 5 nitrogen and oxygen atoms in total. The summed E-state index contributed by atoms with van der Waals surface area (Å²) in [4.78, 5) is 12.4. The third kappa shape index (κ3) is 3.58. The highest BCUT2D eigenvalue weighted by Gasteiger charge is 2.22. The number of piperidine rings is 1. The van der Waals surface area contributed by atoms with Gasteiger partial charge in [-0.05, 0) is 50.6 Å². The maximum Gasteiger partial charge on any atom is 0.251 e. The van der Waals surface area contributed by atoms with Crippen LogP contribution in [0.4, 0.5) is 0 Å². The fraction of sp³-hybridized carbons (Fsp3) is 0.500. The van der Waals surface area contributed by atoms with Gasteiger partial charge in [0.05, 0.1) is 4.90 Å². The van der Waals surface area contributed by atoms with E-state index in [9.17, 15) is 13.2 Å². The van der Waals surface area contributed by atoms with E-state index >= 15 is 0 Å². The molecule has 2 N–H and O–H groups in total. The minimum atomic E-state index is -3.22. The van der Waals surface area contributed by atoms with Crippen LogP contribution in [0.1, 0.15) is 30.1 Å². The van der Waals surface area contributed by atoms with Crippen molar-refractivity contribution in [3.8, 4) is 0 Å². The van der Waals surface area contributed by atoms with Crippen molar-refractivity contribution in [3.05, 3.63) is 29.8 Å². The van der Waals surface area contributed by atoms with Crippen LogP contribution in [0.25, 0.3) is 0 Å². The Balaban J connectivity index is 2.06. The van der Waals surface area contributed by atoms with Gasteiger partial charge in [-0.1, -0.05) is 0 Å². The Kier molecular flexibility index (Phi) is 4.45. The summed E-state index contributed by atoms with van der Waals surface area (Å²) in [5.74, 6) is -0.161. The Morgan fingerprint density at radius 3 is 2.50 bits per heavy atom. The van der Waals surface area contributed by atoms with Crippen LogP contribution < -0.4 is 10.6 Å². The predicted octanol–water partition coefficient (Wildman–Crippen LogP) is 0.960. The summed E-state index contributed by atoms with van der Waals surface area (Å²) in [6, 6.07) is 6.40. The smallest absolute Gasteiger partial charge is 0.251 e. The number of rotatable bonds is 3.